The molecule has 0 aromatic heterocycles. The monoisotopic (exact) mass is 1080 g/mol. The van der Waals surface area contributed by atoms with E-state index in [1.807, 2.05) is 69.2 Å². The Morgan fingerprint density at radius 3 is 1.14 bits per heavy atom. The van der Waals surface area contributed by atoms with Crippen molar-refractivity contribution in [3.63, 3.8) is 0 Å². The Kier molecular flexibility index (Phi) is 21.7. The van der Waals surface area contributed by atoms with Crippen molar-refractivity contribution >= 4 is 67.2 Å². The molecule has 2 aliphatic rings. The van der Waals surface area contributed by atoms with Crippen molar-refractivity contribution in [2.75, 3.05) is 36.8 Å². The van der Waals surface area contributed by atoms with Crippen LogP contribution in [-0.2, 0) is 48.7 Å². The molecule has 2 aliphatic heterocycles. The van der Waals surface area contributed by atoms with Crippen molar-refractivity contribution in [3.8, 4) is 0 Å². The van der Waals surface area contributed by atoms with Gasteiger partial charge in [-0.1, -0.05) is 93.5 Å². The summed E-state index contributed by atoms with van der Waals surface area (Å²) in [6.07, 6.45) is 0.609. The Morgan fingerprint density at radius 1 is 0.541 bits per heavy atom. The first-order valence-corrected chi connectivity index (χ1v) is 28.2. The quantitative estimate of drug-likeness (QED) is 0.0995. The zero-order valence-electron chi connectivity index (χ0n) is 46.3. The standard InChI is InChI=1S/2C26H42N4O6S/c2*1-17(2)16-27-37(34,35)20-14-10-9-12-18(20)28-22(31)19-13-11-15-30(19)23(32)21(25(3,4)5)29-24(33)36-26(6,7)8/h2*9-10,12,14,17,19,21,27H,11,13,15-16H2,1-8H3,(H,28,31)(H,29,33)/t2*19-,21+/m00/s1. The normalized spacial score (nSPS) is 17.4. The Labute approximate surface area is 440 Å². The van der Waals surface area contributed by atoms with Crippen molar-refractivity contribution in [1.82, 2.24) is 29.9 Å². The fourth-order valence-corrected chi connectivity index (χ4v) is 10.6. The molecular weight excluding hydrogens is 993 g/mol. The van der Waals surface area contributed by atoms with Crippen LogP contribution in [0, 0.1) is 22.7 Å². The van der Waals surface area contributed by atoms with Crippen LogP contribution in [0.4, 0.5) is 21.0 Å². The number of carbonyl (C=O) groups is 6. The van der Waals surface area contributed by atoms with Crippen molar-refractivity contribution in [1.29, 1.82) is 0 Å². The third-order valence-electron chi connectivity index (χ3n) is 11.5. The summed E-state index contributed by atoms with van der Waals surface area (Å²) in [5.41, 5.74) is -2.49. The fraction of sp³-hybridized carbons (Fsp3) is 0.654. The summed E-state index contributed by atoms with van der Waals surface area (Å²) >= 11 is 0. The van der Waals surface area contributed by atoms with E-state index in [0.717, 1.165) is 0 Å². The molecule has 0 aliphatic carbocycles. The van der Waals surface area contributed by atoms with E-state index in [0.29, 0.717) is 38.8 Å². The van der Waals surface area contributed by atoms with Crippen LogP contribution in [0.5, 0.6) is 0 Å². The first-order chi connectivity index (χ1) is 33.8. The highest BCUT2D eigenvalue weighted by molar-refractivity contribution is 7.90. The van der Waals surface area contributed by atoms with Gasteiger partial charge in [-0.05, 0) is 114 Å². The summed E-state index contributed by atoms with van der Waals surface area (Å²) < 4.78 is 67.2. The number of amides is 6. The predicted molar refractivity (Wildman–Crippen MR) is 285 cm³/mol. The van der Waals surface area contributed by atoms with Crippen LogP contribution < -0.4 is 30.7 Å². The molecule has 0 spiro atoms. The number of rotatable bonds is 16. The van der Waals surface area contributed by atoms with Crippen LogP contribution in [0.1, 0.15) is 136 Å². The molecule has 0 radical (unpaired) electrons. The summed E-state index contributed by atoms with van der Waals surface area (Å²) in [6, 6.07) is 8.86. The van der Waals surface area contributed by atoms with E-state index in [2.05, 4.69) is 30.7 Å². The lowest BCUT2D eigenvalue weighted by atomic mass is 9.85. The highest BCUT2D eigenvalue weighted by Gasteiger charge is 2.44. The maximum atomic E-state index is 13.6. The maximum Gasteiger partial charge on any atom is 0.408 e. The van der Waals surface area contributed by atoms with Gasteiger partial charge in [0.25, 0.3) is 0 Å². The molecule has 2 fully saturated rings. The first-order valence-electron chi connectivity index (χ1n) is 25.2. The molecule has 416 valence electrons. The van der Waals surface area contributed by atoms with Gasteiger partial charge in [0.15, 0.2) is 0 Å². The number of hydrogen-bond acceptors (Lipinski definition) is 12. The fourth-order valence-electron chi connectivity index (χ4n) is 7.83. The summed E-state index contributed by atoms with van der Waals surface area (Å²) in [4.78, 5) is 81.6. The molecule has 6 N–H and O–H groups in total. The summed E-state index contributed by atoms with van der Waals surface area (Å²) in [5.74, 6) is -1.53. The number of nitrogens with zero attached hydrogens (tertiary/aromatic N) is 2. The zero-order valence-corrected chi connectivity index (χ0v) is 48.0. The van der Waals surface area contributed by atoms with E-state index in [1.165, 1.54) is 34.1 Å². The minimum Gasteiger partial charge on any atom is -0.444 e. The molecule has 2 heterocycles. The van der Waals surface area contributed by atoms with E-state index in [-0.39, 0.29) is 46.1 Å². The van der Waals surface area contributed by atoms with Gasteiger partial charge in [-0.15, -0.1) is 0 Å². The van der Waals surface area contributed by atoms with Gasteiger partial charge in [0, 0.05) is 26.2 Å². The molecule has 2 aromatic rings. The molecule has 6 amide bonds. The van der Waals surface area contributed by atoms with Gasteiger partial charge >= 0.3 is 12.2 Å². The van der Waals surface area contributed by atoms with Crippen LogP contribution >= 0.6 is 0 Å². The topological polar surface area (TPSA) is 268 Å². The number of carbonyl (C=O) groups excluding carboxylic acids is 6. The summed E-state index contributed by atoms with van der Waals surface area (Å²) in [5, 5.41) is 10.8. The highest BCUT2D eigenvalue weighted by atomic mass is 32.2. The maximum absolute atomic E-state index is 13.6. The van der Waals surface area contributed by atoms with Crippen LogP contribution in [0.3, 0.4) is 0 Å². The molecule has 0 unspecified atom stereocenters. The minimum atomic E-state index is -3.85. The van der Waals surface area contributed by atoms with Gasteiger partial charge in [0.05, 0.1) is 11.4 Å². The van der Waals surface area contributed by atoms with Gasteiger partial charge in [0.2, 0.25) is 43.7 Å². The summed E-state index contributed by atoms with van der Waals surface area (Å²) in [6.45, 7) is 30.1. The largest absolute Gasteiger partial charge is 0.444 e. The van der Waals surface area contributed by atoms with Crippen LogP contribution in [0.2, 0.25) is 0 Å². The number of alkyl carbamates (subject to hydrolysis) is 2. The molecule has 0 saturated carbocycles. The predicted octanol–water partition coefficient (Wildman–Crippen LogP) is 6.98. The Hall–Kier alpha value is -5.32. The molecular formula is C52H84N8O12S2. The zero-order chi connectivity index (χ0) is 56.4. The lowest BCUT2D eigenvalue weighted by Crippen LogP contribution is -2.57. The number of sulfonamides is 2. The van der Waals surface area contributed by atoms with Gasteiger partial charge in [-0.25, -0.2) is 35.9 Å². The SMILES string of the molecule is CC(C)CNS(=O)(=O)c1ccccc1NC(=O)[C@@H]1CCCN1C(=O)[C@@H](NC(=O)OC(C)(C)C)C(C)(C)C.CC(C)CNS(=O)(=O)c1ccccc1NC(=O)[C@@H]1CCCN1C(=O)[C@@H](NC(=O)OC(C)(C)C)C(C)(C)C. The lowest BCUT2D eigenvalue weighted by Gasteiger charge is -2.35. The van der Waals surface area contributed by atoms with Crippen molar-refractivity contribution in [2.45, 2.75) is 182 Å². The molecule has 4 atom stereocenters. The molecule has 20 nitrogen and oxygen atoms in total. The van der Waals surface area contributed by atoms with Gasteiger partial charge in [0.1, 0.15) is 45.2 Å². The highest BCUT2D eigenvalue weighted by Crippen LogP contribution is 2.30. The van der Waals surface area contributed by atoms with Crippen molar-refractivity contribution in [2.24, 2.45) is 22.7 Å². The second-order valence-electron chi connectivity index (χ2n) is 23.7. The van der Waals surface area contributed by atoms with E-state index < -0.39 is 102 Å². The third-order valence-corrected chi connectivity index (χ3v) is 14.4. The smallest absolute Gasteiger partial charge is 0.408 e. The third kappa shape index (κ3) is 19.1. The molecule has 4 rings (SSSR count). The lowest BCUT2D eigenvalue weighted by molar-refractivity contribution is -0.140. The Balaban J connectivity index is 0.000000390. The van der Waals surface area contributed by atoms with Gasteiger partial charge < -0.3 is 40.5 Å². The number of benzene rings is 2. The second kappa shape index (κ2) is 25.5. The number of nitrogens with one attached hydrogen (secondary N) is 6. The van der Waals surface area contributed by atoms with E-state index >= 15 is 0 Å². The average Bonchev–Trinajstić information content (AvgIpc) is 3.96. The van der Waals surface area contributed by atoms with Crippen LogP contribution in [-0.4, -0.2) is 124 Å². The van der Waals surface area contributed by atoms with Crippen LogP contribution in [0.25, 0.3) is 0 Å². The molecule has 2 aromatic carbocycles. The van der Waals surface area contributed by atoms with E-state index in [9.17, 15) is 45.6 Å². The number of para-hydroxylation sites is 2. The molecule has 0 bridgehead atoms. The molecule has 74 heavy (non-hydrogen) atoms. The van der Waals surface area contributed by atoms with Gasteiger partial charge in [-0.2, -0.15) is 0 Å². The van der Waals surface area contributed by atoms with Crippen molar-refractivity contribution < 1.29 is 55.1 Å². The molecule has 22 heteroatoms. The number of ether oxygens (including phenoxy) is 2. The van der Waals surface area contributed by atoms with E-state index in [1.54, 1.807) is 65.8 Å². The second-order valence-corrected chi connectivity index (χ2v) is 27.2. The number of likely N-dealkylation sites (tertiary alicyclic amines) is 2. The first kappa shape index (κ1) is 63.0. The Morgan fingerprint density at radius 2 is 0.851 bits per heavy atom. The van der Waals surface area contributed by atoms with Gasteiger partial charge in [-0.3, -0.25) is 19.2 Å². The summed E-state index contributed by atoms with van der Waals surface area (Å²) in [7, 11) is -7.71. The minimum absolute atomic E-state index is 0.0426. The number of hydrogen-bond donors (Lipinski definition) is 6. The van der Waals surface area contributed by atoms with Crippen LogP contribution in [0.15, 0.2) is 58.3 Å². The van der Waals surface area contributed by atoms with Crippen molar-refractivity contribution in [3.05, 3.63) is 48.5 Å². The number of anilines is 2. The molecule has 2 saturated heterocycles. The Bertz CT molecular complexity index is 2350. The van der Waals surface area contributed by atoms with E-state index in [4.69, 9.17) is 9.47 Å². The average molecular weight is 1080 g/mol.